The monoisotopic (exact) mass is 308 g/mol. The van der Waals surface area contributed by atoms with E-state index in [2.05, 4.69) is 0 Å². The third-order valence-electron chi connectivity index (χ3n) is 3.95. The standard InChI is InChI=1S/C17H25FN2O2/c1-19(11-14-6-8-15(18)9-7-14)13-17(21)20(2)12-16-5-3-4-10-22-16/h6-9,16H,3-5,10-13H2,1-2H3. The van der Waals surface area contributed by atoms with E-state index >= 15 is 0 Å². The molecule has 0 spiro atoms. The van der Waals surface area contributed by atoms with Gasteiger partial charge in [0.1, 0.15) is 5.82 Å². The fraction of sp³-hybridized carbons (Fsp3) is 0.588. The van der Waals surface area contributed by atoms with Gasteiger partial charge in [-0.05, 0) is 44.0 Å². The Bertz CT molecular complexity index is 472. The van der Waals surface area contributed by atoms with Crippen LogP contribution in [0.15, 0.2) is 24.3 Å². The van der Waals surface area contributed by atoms with Crippen LogP contribution in [0, 0.1) is 5.82 Å². The van der Waals surface area contributed by atoms with Gasteiger partial charge in [-0.2, -0.15) is 0 Å². The van der Waals surface area contributed by atoms with Crippen molar-refractivity contribution in [3.63, 3.8) is 0 Å². The third kappa shape index (κ3) is 5.39. The lowest BCUT2D eigenvalue weighted by atomic mass is 10.1. The molecule has 122 valence electrons. The van der Waals surface area contributed by atoms with Crippen molar-refractivity contribution in [2.75, 3.05) is 33.8 Å². The van der Waals surface area contributed by atoms with Gasteiger partial charge in [0, 0.05) is 26.7 Å². The average molecular weight is 308 g/mol. The zero-order chi connectivity index (χ0) is 15.9. The highest BCUT2D eigenvalue weighted by Gasteiger charge is 2.19. The van der Waals surface area contributed by atoms with Gasteiger partial charge in [0.25, 0.3) is 0 Å². The van der Waals surface area contributed by atoms with Crippen molar-refractivity contribution in [1.29, 1.82) is 0 Å². The fourth-order valence-corrected chi connectivity index (χ4v) is 2.67. The largest absolute Gasteiger partial charge is 0.376 e. The summed E-state index contributed by atoms with van der Waals surface area (Å²) in [5.74, 6) is -0.159. The summed E-state index contributed by atoms with van der Waals surface area (Å²) in [6, 6.07) is 6.38. The van der Waals surface area contributed by atoms with Gasteiger partial charge in [-0.1, -0.05) is 12.1 Å². The minimum absolute atomic E-state index is 0.0822. The highest BCUT2D eigenvalue weighted by molar-refractivity contribution is 5.78. The summed E-state index contributed by atoms with van der Waals surface area (Å²) in [6.07, 6.45) is 3.50. The van der Waals surface area contributed by atoms with Crippen LogP contribution in [0.5, 0.6) is 0 Å². The number of amides is 1. The summed E-state index contributed by atoms with van der Waals surface area (Å²) in [4.78, 5) is 15.9. The van der Waals surface area contributed by atoms with Crippen LogP contribution in [-0.2, 0) is 16.1 Å². The Morgan fingerprint density at radius 3 is 2.64 bits per heavy atom. The van der Waals surface area contributed by atoms with E-state index in [1.807, 2.05) is 19.0 Å². The van der Waals surface area contributed by atoms with Crippen molar-refractivity contribution in [2.24, 2.45) is 0 Å². The van der Waals surface area contributed by atoms with E-state index in [9.17, 15) is 9.18 Å². The first-order valence-electron chi connectivity index (χ1n) is 7.83. The lowest BCUT2D eigenvalue weighted by Gasteiger charge is -2.28. The summed E-state index contributed by atoms with van der Waals surface area (Å²) < 4.78 is 18.5. The summed E-state index contributed by atoms with van der Waals surface area (Å²) >= 11 is 0. The van der Waals surface area contributed by atoms with Crippen LogP contribution >= 0.6 is 0 Å². The van der Waals surface area contributed by atoms with Gasteiger partial charge in [0.15, 0.2) is 0 Å². The van der Waals surface area contributed by atoms with Crippen molar-refractivity contribution in [3.8, 4) is 0 Å². The zero-order valence-electron chi connectivity index (χ0n) is 13.4. The van der Waals surface area contributed by atoms with E-state index in [0.29, 0.717) is 19.6 Å². The Hall–Kier alpha value is -1.46. The number of likely N-dealkylation sites (N-methyl/N-ethyl adjacent to an activating group) is 2. The molecule has 1 saturated heterocycles. The van der Waals surface area contributed by atoms with E-state index in [4.69, 9.17) is 4.74 Å². The number of hydrogen-bond acceptors (Lipinski definition) is 3. The molecule has 1 unspecified atom stereocenters. The molecule has 0 saturated carbocycles. The van der Waals surface area contributed by atoms with E-state index in [1.54, 1.807) is 17.0 Å². The molecule has 1 aliphatic heterocycles. The second kappa shape index (κ2) is 8.25. The third-order valence-corrected chi connectivity index (χ3v) is 3.95. The number of ether oxygens (including phenoxy) is 1. The first-order valence-corrected chi connectivity index (χ1v) is 7.83. The quantitative estimate of drug-likeness (QED) is 0.808. The predicted molar refractivity (Wildman–Crippen MR) is 84.0 cm³/mol. The molecular weight excluding hydrogens is 283 g/mol. The van der Waals surface area contributed by atoms with Gasteiger partial charge in [-0.25, -0.2) is 4.39 Å². The second-order valence-electron chi connectivity index (χ2n) is 6.06. The molecule has 1 fully saturated rings. The molecule has 0 aliphatic carbocycles. The Kier molecular flexibility index (Phi) is 6.34. The molecule has 1 heterocycles. The Morgan fingerprint density at radius 2 is 2.00 bits per heavy atom. The van der Waals surface area contributed by atoms with Crippen LogP contribution in [-0.4, -0.2) is 55.6 Å². The maximum Gasteiger partial charge on any atom is 0.236 e. The number of halogens is 1. The van der Waals surface area contributed by atoms with Crippen LogP contribution in [0.1, 0.15) is 24.8 Å². The van der Waals surface area contributed by atoms with E-state index in [-0.39, 0.29) is 17.8 Å². The lowest BCUT2D eigenvalue weighted by Crippen LogP contribution is -2.41. The highest BCUT2D eigenvalue weighted by atomic mass is 19.1. The predicted octanol–water partition coefficient (Wildman–Crippen LogP) is 2.28. The minimum atomic E-state index is -0.241. The number of rotatable bonds is 6. The Labute approximate surface area is 131 Å². The molecule has 1 aliphatic rings. The average Bonchev–Trinajstić information content (AvgIpc) is 2.50. The summed E-state index contributed by atoms with van der Waals surface area (Å²) in [7, 11) is 3.72. The van der Waals surface area contributed by atoms with Crippen LogP contribution in [0.25, 0.3) is 0 Å². The zero-order valence-corrected chi connectivity index (χ0v) is 13.4. The molecular formula is C17H25FN2O2. The Balaban J connectivity index is 1.75. The first kappa shape index (κ1) is 16.9. The van der Waals surface area contributed by atoms with Crippen LogP contribution in [0.4, 0.5) is 4.39 Å². The molecule has 1 aromatic carbocycles. The van der Waals surface area contributed by atoms with Gasteiger partial charge in [-0.15, -0.1) is 0 Å². The molecule has 22 heavy (non-hydrogen) atoms. The maximum atomic E-state index is 12.9. The van der Waals surface area contributed by atoms with Crippen molar-refractivity contribution < 1.29 is 13.9 Å². The number of carbonyl (C=O) groups excluding carboxylic acids is 1. The highest BCUT2D eigenvalue weighted by Crippen LogP contribution is 2.13. The molecule has 1 atom stereocenters. The molecule has 4 nitrogen and oxygen atoms in total. The van der Waals surface area contributed by atoms with Crippen LogP contribution in [0.3, 0.4) is 0 Å². The van der Waals surface area contributed by atoms with Crippen LogP contribution in [0.2, 0.25) is 0 Å². The van der Waals surface area contributed by atoms with E-state index in [1.165, 1.54) is 18.6 Å². The first-order chi connectivity index (χ1) is 10.5. The van der Waals surface area contributed by atoms with Gasteiger partial charge in [0.2, 0.25) is 5.91 Å². The number of hydrogen-bond donors (Lipinski definition) is 0. The number of carbonyl (C=O) groups is 1. The van der Waals surface area contributed by atoms with Crippen molar-refractivity contribution in [2.45, 2.75) is 31.9 Å². The normalized spacial score (nSPS) is 18.5. The smallest absolute Gasteiger partial charge is 0.236 e. The van der Waals surface area contributed by atoms with Crippen molar-refractivity contribution >= 4 is 5.91 Å². The van der Waals surface area contributed by atoms with E-state index < -0.39 is 0 Å². The lowest BCUT2D eigenvalue weighted by molar-refractivity contribution is -0.133. The molecule has 2 rings (SSSR count). The van der Waals surface area contributed by atoms with E-state index in [0.717, 1.165) is 25.0 Å². The van der Waals surface area contributed by atoms with Gasteiger partial charge in [-0.3, -0.25) is 9.69 Å². The topological polar surface area (TPSA) is 32.8 Å². The SMILES string of the molecule is CN(CC(=O)N(C)CC1CCCCO1)Cc1ccc(F)cc1. The molecule has 0 aromatic heterocycles. The van der Waals surface area contributed by atoms with Gasteiger partial charge in [0.05, 0.1) is 12.6 Å². The summed E-state index contributed by atoms with van der Waals surface area (Å²) in [6.45, 7) is 2.43. The number of nitrogens with zero attached hydrogens (tertiary/aromatic N) is 2. The molecule has 0 radical (unpaired) electrons. The van der Waals surface area contributed by atoms with Gasteiger partial charge < -0.3 is 9.64 Å². The molecule has 1 amide bonds. The number of benzene rings is 1. The maximum absolute atomic E-state index is 12.9. The molecule has 5 heteroatoms. The van der Waals surface area contributed by atoms with Crippen molar-refractivity contribution in [3.05, 3.63) is 35.6 Å². The summed E-state index contributed by atoms with van der Waals surface area (Å²) in [5, 5.41) is 0. The molecule has 1 aromatic rings. The second-order valence-corrected chi connectivity index (χ2v) is 6.06. The molecule has 0 N–H and O–H groups in total. The Morgan fingerprint density at radius 1 is 1.27 bits per heavy atom. The fourth-order valence-electron chi connectivity index (χ4n) is 2.67. The van der Waals surface area contributed by atoms with Gasteiger partial charge >= 0.3 is 0 Å². The van der Waals surface area contributed by atoms with Crippen molar-refractivity contribution in [1.82, 2.24) is 9.80 Å². The van der Waals surface area contributed by atoms with Crippen LogP contribution < -0.4 is 0 Å². The molecule has 0 bridgehead atoms. The minimum Gasteiger partial charge on any atom is -0.376 e. The summed E-state index contributed by atoms with van der Waals surface area (Å²) in [5.41, 5.74) is 0.995.